The van der Waals surface area contributed by atoms with Crippen LogP contribution in [0.1, 0.15) is 92.7 Å². The molecular formula is C45H56Cl2SiZr-4. The summed E-state index contributed by atoms with van der Waals surface area (Å²) in [6, 6.07) is 36.7. The van der Waals surface area contributed by atoms with E-state index in [4.69, 9.17) is 0 Å². The van der Waals surface area contributed by atoms with Crippen LogP contribution in [0.4, 0.5) is 0 Å². The zero-order valence-electron chi connectivity index (χ0n) is 31.3. The van der Waals surface area contributed by atoms with E-state index in [-0.39, 0.29) is 39.7 Å². The Kier molecular flexibility index (Phi) is 20.9. The third-order valence-corrected chi connectivity index (χ3v) is 9.35. The van der Waals surface area contributed by atoms with Crippen LogP contribution in [0.3, 0.4) is 0 Å². The van der Waals surface area contributed by atoms with Crippen molar-refractivity contribution in [3.8, 4) is 22.3 Å². The minimum atomic E-state index is 0. The molecule has 0 nitrogen and oxygen atoms in total. The van der Waals surface area contributed by atoms with Crippen molar-refractivity contribution in [2.45, 2.75) is 86.5 Å². The maximum atomic E-state index is 3.06. The number of fused-ring (bicyclic) bond motifs is 2. The molecule has 4 heteroatoms. The van der Waals surface area contributed by atoms with Crippen LogP contribution in [0, 0.1) is 35.6 Å². The van der Waals surface area contributed by atoms with Gasteiger partial charge in [0.2, 0.25) is 0 Å². The van der Waals surface area contributed by atoms with Crippen LogP contribution in [0.2, 0.25) is 0 Å². The van der Waals surface area contributed by atoms with Crippen molar-refractivity contribution in [1.29, 1.82) is 0 Å². The fraction of sp³-hybridized carbons (Fsp3) is 0.289. The van der Waals surface area contributed by atoms with Crippen molar-refractivity contribution in [1.82, 2.24) is 0 Å². The molecule has 262 valence electrons. The third kappa shape index (κ3) is 11.4. The summed E-state index contributed by atoms with van der Waals surface area (Å²) < 4.78 is 0. The molecule has 2 radical (unpaired) electrons. The Morgan fingerprint density at radius 3 is 1.35 bits per heavy atom. The molecular weight excluding hydrogens is 731 g/mol. The number of aryl methyl sites for hydroxylation is 4. The van der Waals surface area contributed by atoms with Gasteiger partial charge in [-0.1, -0.05) is 124 Å². The molecule has 0 amide bonds. The fourth-order valence-electron chi connectivity index (χ4n) is 6.29. The van der Waals surface area contributed by atoms with Gasteiger partial charge in [0.15, 0.2) is 0 Å². The van der Waals surface area contributed by atoms with Gasteiger partial charge >= 0.3 is 30.2 Å². The predicted octanol–water partition coefficient (Wildman–Crippen LogP) is 14.3. The predicted molar refractivity (Wildman–Crippen MR) is 224 cm³/mol. The molecule has 0 aliphatic heterocycles. The van der Waals surface area contributed by atoms with Crippen LogP contribution in [0.5, 0.6) is 0 Å². The minimum absolute atomic E-state index is 0. The molecule has 2 atom stereocenters. The summed E-state index contributed by atoms with van der Waals surface area (Å²) in [6.45, 7) is 20.9. The van der Waals surface area contributed by atoms with Crippen LogP contribution >= 0.6 is 24.8 Å². The van der Waals surface area contributed by atoms with E-state index in [9.17, 15) is 0 Å². The van der Waals surface area contributed by atoms with Crippen LogP contribution in [-0.2, 0) is 29.8 Å². The van der Waals surface area contributed by atoms with E-state index in [1.807, 2.05) is 0 Å². The van der Waals surface area contributed by atoms with Gasteiger partial charge in [0, 0.05) is 0 Å². The third-order valence-electron chi connectivity index (χ3n) is 9.35. The van der Waals surface area contributed by atoms with E-state index >= 15 is 0 Å². The second-order valence-electron chi connectivity index (χ2n) is 12.7. The van der Waals surface area contributed by atoms with Crippen molar-refractivity contribution in [2.24, 2.45) is 0 Å². The summed E-state index contributed by atoms with van der Waals surface area (Å²) >= 11 is 1.36. The first-order valence-electron chi connectivity index (χ1n) is 16.5. The molecule has 0 bridgehead atoms. The Morgan fingerprint density at radius 2 is 0.959 bits per heavy atom. The fourth-order valence-corrected chi connectivity index (χ4v) is 6.29. The summed E-state index contributed by atoms with van der Waals surface area (Å²) in [5.41, 5.74) is 13.7. The van der Waals surface area contributed by atoms with Gasteiger partial charge in [-0.2, -0.15) is 12.1 Å². The summed E-state index contributed by atoms with van der Waals surface area (Å²) in [6.07, 6.45) is 3.48. The number of benzene rings is 4. The van der Waals surface area contributed by atoms with E-state index in [1.54, 1.807) is 0 Å². The molecule has 0 N–H and O–H groups in total. The first-order valence-corrected chi connectivity index (χ1v) is 20.7. The molecule has 2 unspecified atom stereocenters. The van der Waals surface area contributed by atoms with Crippen molar-refractivity contribution in [3.05, 3.63) is 145 Å². The summed E-state index contributed by atoms with van der Waals surface area (Å²) in [5.74, 6) is 1.27. The van der Waals surface area contributed by atoms with Gasteiger partial charge in [0.1, 0.15) is 0 Å². The van der Waals surface area contributed by atoms with Crippen LogP contribution in [0.25, 0.3) is 43.8 Å². The molecule has 0 heterocycles. The summed E-state index contributed by atoms with van der Waals surface area (Å²) in [5, 5.41) is 5.49. The van der Waals surface area contributed by atoms with Crippen molar-refractivity contribution < 1.29 is 23.3 Å². The van der Waals surface area contributed by atoms with E-state index in [1.165, 1.54) is 113 Å². The van der Waals surface area contributed by atoms with Crippen molar-refractivity contribution in [3.63, 3.8) is 0 Å². The van der Waals surface area contributed by atoms with Crippen molar-refractivity contribution >= 4 is 53.2 Å². The average molecular weight is 787 g/mol. The van der Waals surface area contributed by atoms with E-state index in [2.05, 4.69) is 159 Å². The zero-order chi connectivity index (χ0) is 32.7. The van der Waals surface area contributed by atoms with Gasteiger partial charge in [0.25, 0.3) is 0 Å². The van der Waals surface area contributed by atoms with E-state index in [0.29, 0.717) is 11.8 Å². The van der Waals surface area contributed by atoms with Gasteiger partial charge in [-0.05, 0) is 67.2 Å². The number of rotatable bonds is 7. The van der Waals surface area contributed by atoms with Gasteiger partial charge < -0.3 is 14.9 Å². The summed E-state index contributed by atoms with van der Waals surface area (Å²) in [7, 11) is 0. The second kappa shape index (κ2) is 21.9. The molecule has 6 aromatic rings. The van der Waals surface area contributed by atoms with Gasteiger partial charge in [0.05, 0.1) is 0 Å². The van der Waals surface area contributed by atoms with Gasteiger partial charge in [-0.15, -0.1) is 81.8 Å². The molecule has 0 aromatic heterocycles. The number of hydrogen-bond acceptors (Lipinski definition) is 0. The molecule has 0 saturated carbocycles. The Morgan fingerprint density at radius 1 is 0.571 bits per heavy atom. The SMILES string of the molecule is CCC(C)c1ccc(-c2cc(C)cc3[cH-]c(C)cc23)cc1.CCc1cc2c(-c3ccc(C(C)CC)cc3)cc(C)cc2[cH-]1.Cl.Cl.[CH3-].[CH3-].[Si]=[Zr]. The molecule has 0 aliphatic rings. The van der Waals surface area contributed by atoms with Crippen LogP contribution < -0.4 is 0 Å². The average Bonchev–Trinajstić information content (AvgIpc) is 3.66. The Bertz CT molecular complexity index is 1840. The van der Waals surface area contributed by atoms with E-state index in [0.717, 1.165) is 6.42 Å². The topological polar surface area (TPSA) is 0 Å². The van der Waals surface area contributed by atoms with Crippen LogP contribution in [0.15, 0.2) is 97.1 Å². The monoisotopic (exact) mass is 784 g/mol. The van der Waals surface area contributed by atoms with Crippen molar-refractivity contribution in [2.75, 3.05) is 0 Å². The molecule has 49 heavy (non-hydrogen) atoms. The second-order valence-corrected chi connectivity index (χ2v) is 12.7. The van der Waals surface area contributed by atoms with Gasteiger partial charge in [-0.25, -0.2) is 0 Å². The molecule has 6 aromatic carbocycles. The first kappa shape index (κ1) is 46.8. The number of hydrogen-bond donors (Lipinski definition) is 0. The van der Waals surface area contributed by atoms with Gasteiger partial charge in [-0.3, -0.25) is 0 Å². The Hall–Kier alpha value is -2.22. The normalized spacial score (nSPS) is 11.2. The molecule has 0 fully saturated rings. The zero-order valence-corrected chi connectivity index (χ0v) is 36.4. The molecule has 0 aliphatic carbocycles. The maximum absolute atomic E-state index is 3.06. The standard InChI is InChI=1S/C22H25.C21H23.2CH3.2ClH.Si.Zr/c1-5-16(4)18-7-9-19(10-8-18)21-12-15(3)11-20-13-17(6-2)14-22(20)21;1-5-16(4)17-6-8-18(9-7-17)20-12-14(2)10-19-11-15(3)13-21(19)20;;;;;;/h7-14,16H,5-6H2,1-4H3;6-13,16H,5H2,1-4H3;2*1H3;2*1H;;/q4*-1;;;;. The van der Waals surface area contributed by atoms with Crippen LogP contribution in [-0.4, -0.2) is 6.88 Å². The Balaban J connectivity index is 0.000000831. The molecule has 0 spiro atoms. The molecule has 6 rings (SSSR count). The quantitative estimate of drug-likeness (QED) is 0.112. The summed E-state index contributed by atoms with van der Waals surface area (Å²) in [4.78, 5) is 0. The molecule has 0 saturated heterocycles. The Labute approximate surface area is 328 Å². The number of halogens is 2. The van der Waals surface area contributed by atoms with E-state index < -0.39 is 0 Å². The first-order chi connectivity index (χ1) is 21.7.